The number of nitrogens with zero attached hydrogens (tertiary/aromatic N) is 1. The van der Waals surface area contributed by atoms with Crippen molar-refractivity contribution in [1.82, 2.24) is 10.3 Å². The molecule has 1 amide bonds. The molecule has 1 atom stereocenters. The van der Waals surface area contributed by atoms with Crippen molar-refractivity contribution in [2.24, 2.45) is 0 Å². The van der Waals surface area contributed by atoms with Gasteiger partial charge in [0.15, 0.2) is 0 Å². The van der Waals surface area contributed by atoms with E-state index in [0.29, 0.717) is 12.3 Å². The van der Waals surface area contributed by atoms with Gasteiger partial charge in [-0.25, -0.2) is 4.98 Å². The first-order chi connectivity index (χ1) is 8.15. The fourth-order valence-electron chi connectivity index (χ4n) is 1.54. The standard InChI is InChI=1S/C12H19ClN2OS/c1-3-4-5-9(2)14-11(16)6-12-15-10(7-13)8-17-12/h8-9H,3-7H2,1-2H3,(H,14,16). The highest BCUT2D eigenvalue weighted by Gasteiger charge is 2.10. The van der Waals surface area contributed by atoms with Gasteiger partial charge in [0.2, 0.25) is 5.91 Å². The number of carbonyl (C=O) groups excluding carboxylic acids is 1. The summed E-state index contributed by atoms with van der Waals surface area (Å²) in [5, 5.41) is 5.72. The normalized spacial score (nSPS) is 12.4. The van der Waals surface area contributed by atoms with E-state index in [9.17, 15) is 4.79 Å². The van der Waals surface area contributed by atoms with E-state index >= 15 is 0 Å². The third kappa shape index (κ3) is 5.50. The molecule has 1 aromatic rings. The summed E-state index contributed by atoms with van der Waals surface area (Å²) >= 11 is 7.15. The van der Waals surface area contributed by atoms with Crippen LogP contribution in [-0.4, -0.2) is 16.9 Å². The molecule has 3 nitrogen and oxygen atoms in total. The molecule has 5 heteroatoms. The minimum Gasteiger partial charge on any atom is -0.353 e. The lowest BCUT2D eigenvalue weighted by molar-refractivity contribution is -0.121. The van der Waals surface area contributed by atoms with Crippen LogP contribution in [0.5, 0.6) is 0 Å². The zero-order valence-electron chi connectivity index (χ0n) is 10.3. The summed E-state index contributed by atoms with van der Waals surface area (Å²) in [5.41, 5.74) is 0.846. The Morgan fingerprint density at radius 1 is 1.65 bits per heavy atom. The summed E-state index contributed by atoms with van der Waals surface area (Å²) in [5.74, 6) is 0.453. The number of amides is 1. The van der Waals surface area contributed by atoms with Gasteiger partial charge in [-0.1, -0.05) is 19.8 Å². The largest absolute Gasteiger partial charge is 0.353 e. The monoisotopic (exact) mass is 274 g/mol. The zero-order chi connectivity index (χ0) is 12.7. The van der Waals surface area contributed by atoms with E-state index in [4.69, 9.17) is 11.6 Å². The van der Waals surface area contributed by atoms with Gasteiger partial charge >= 0.3 is 0 Å². The van der Waals surface area contributed by atoms with Crippen LogP contribution < -0.4 is 5.32 Å². The second kappa shape index (κ2) is 7.67. The van der Waals surface area contributed by atoms with Gasteiger partial charge in [-0.2, -0.15) is 0 Å². The number of alkyl halides is 1. The third-order valence-corrected chi connectivity index (χ3v) is 3.62. The fraction of sp³-hybridized carbons (Fsp3) is 0.667. The van der Waals surface area contributed by atoms with Crippen LogP contribution in [-0.2, 0) is 17.1 Å². The number of carbonyl (C=O) groups is 1. The van der Waals surface area contributed by atoms with Crippen molar-refractivity contribution in [2.75, 3.05) is 0 Å². The number of rotatable bonds is 7. The quantitative estimate of drug-likeness (QED) is 0.776. The van der Waals surface area contributed by atoms with E-state index in [-0.39, 0.29) is 11.9 Å². The smallest absolute Gasteiger partial charge is 0.227 e. The Morgan fingerprint density at radius 2 is 2.41 bits per heavy atom. The highest BCUT2D eigenvalue weighted by Crippen LogP contribution is 2.12. The Bertz CT molecular complexity index is 354. The number of hydrogen-bond acceptors (Lipinski definition) is 3. The molecule has 0 radical (unpaired) electrons. The van der Waals surface area contributed by atoms with Crippen LogP contribution in [0.15, 0.2) is 5.38 Å². The van der Waals surface area contributed by atoms with Gasteiger partial charge in [0.25, 0.3) is 0 Å². The van der Waals surface area contributed by atoms with Crippen LogP contribution in [0, 0.1) is 0 Å². The predicted molar refractivity (Wildman–Crippen MR) is 72.5 cm³/mol. The molecule has 1 rings (SSSR count). The predicted octanol–water partition coefficient (Wildman–Crippen LogP) is 3.12. The maximum atomic E-state index is 11.7. The number of hydrogen-bond donors (Lipinski definition) is 1. The summed E-state index contributed by atoms with van der Waals surface area (Å²) in [6.07, 6.45) is 3.70. The van der Waals surface area contributed by atoms with Crippen LogP contribution >= 0.6 is 22.9 Å². The SMILES string of the molecule is CCCCC(C)NC(=O)Cc1nc(CCl)cs1. The minimum atomic E-state index is 0.0454. The summed E-state index contributed by atoms with van der Waals surface area (Å²) in [7, 11) is 0. The van der Waals surface area contributed by atoms with Crippen LogP contribution in [0.2, 0.25) is 0 Å². The number of unbranched alkanes of at least 4 members (excludes halogenated alkanes) is 1. The molecule has 17 heavy (non-hydrogen) atoms. The van der Waals surface area contributed by atoms with Crippen molar-refractivity contribution < 1.29 is 4.79 Å². The summed E-state index contributed by atoms with van der Waals surface area (Å²) in [6.45, 7) is 4.19. The van der Waals surface area contributed by atoms with E-state index < -0.39 is 0 Å². The summed E-state index contributed by atoms with van der Waals surface area (Å²) in [6, 6.07) is 0.245. The Balaban J connectivity index is 2.33. The van der Waals surface area contributed by atoms with Gasteiger partial charge in [-0.15, -0.1) is 22.9 Å². The average molecular weight is 275 g/mol. The fourth-order valence-corrected chi connectivity index (χ4v) is 2.56. The van der Waals surface area contributed by atoms with E-state index in [1.165, 1.54) is 11.3 Å². The van der Waals surface area contributed by atoms with Crippen LogP contribution in [0.3, 0.4) is 0 Å². The van der Waals surface area contributed by atoms with Gasteiger partial charge in [-0.3, -0.25) is 4.79 Å². The number of thiazole rings is 1. The number of aromatic nitrogens is 1. The summed E-state index contributed by atoms with van der Waals surface area (Å²) in [4.78, 5) is 16.0. The van der Waals surface area contributed by atoms with Crippen molar-refractivity contribution in [3.05, 3.63) is 16.1 Å². The first kappa shape index (κ1) is 14.5. The van der Waals surface area contributed by atoms with Crippen molar-refractivity contribution in [3.8, 4) is 0 Å². The molecular formula is C12H19ClN2OS. The molecule has 96 valence electrons. The molecule has 0 aliphatic heterocycles. The molecule has 0 fully saturated rings. The summed E-state index contributed by atoms with van der Waals surface area (Å²) < 4.78 is 0. The lowest BCUT2D eigenvalue weighted by Crippen LogP contribution is -2.33. The van der Waals surface area contributed by atoms with Gasteiger partial charge < -0.3 is 5.32 Å². The van der Waals surface area contributed by atoms with E-state index in [2.05, 4.69) is 17.2 Å². The van der Waals surface area contributed by atoms with E-state index in [1.807, 2.05) is 12.3 Å². The van der Waals surface area contributed by atoms with Crippen molar-refractivity contribution in [2.45, 2.75) is 51.5 Å². The molecule has 0 saturated carbocycles. The molecule has 0 aliphatic carbocycles. The molecular weight excluding hydrogens is 256 g/mol. The van der Waals surface area contributed by atoms with Crippen molar-refractivity contribution >= 4 is 28.8 Å². The number of nitrogens with one attached hydrogen (secondary N) is 1. The van der Waals surface area contributed by atoms with Gasteiger partial charge in [-0.05, 0) is 13.3 Å². The lowest BCUT2D eigenvalue weighted by atomic mass is 10.1. The van der Waals surface area contributed by atoms with Gasteiger partial charge in [0, 0.05) is 11.4 Å². The Kier molecular flexibility index (Phi) is 6.52. The van der Waals surface area contributed by atoms with Crippen LogP contribution in [0.4, 0.5) is 0 Å². The molecule has 1 heterocycles. The molecule has 0 bridgehead atoms. The number of halogens is 1. The molecule has 0 spiro atoms. The topological polar surface area (TPSA) is 42.0 Å². The van der Waals surface area contributed by atoms with Gasteiger partial charge in [0.1, 0.15) is 5.01 Å². The average Bonchev–Trinajstić information content (AvgIpc) is 2.73. The highest BCUT2D eigenvalue weighted by molar-refractivity contribution is 7.09. The maximum absolute atomic E-state index is 11.7. The Labute approximate surface area is 112 Å². The third-order valence-electron chi connectivity index (χ3n) is 2.45. The Hall–Kier alpha value is -0.610. The van der Waals surface area contributed by atoms with Crippen molar-refractivity contribution in [3.63, 3.8) is 0 Å². The Morgan fingerprint density at radius 3 is 3.00 bits per heavy atom. The van der Waals surface area contributed by atoms with Gasteiger partial charge in [0.05, 0.1) is 18.0 Å². The molecule has 1 N–H and O–H groups in total. The van der Waals surface area contributed by atoms with E-state index in [1.54, 1.807) is 0 Å². The second-order valence-corrected chi connectivity index (χ2v) is 5.36. The minimum absolute atomic E-state index is 0.0454. The maximum Gasteiger partial charge on any atom is 0.227 e. The molecule has 1 unspecified atom stereocenters. The zero-order valence-corrected chi connectivity index (χ0v) is 11.9. The first-order valence-corrected chi connectivity index (χ1v) is 7.35. The molecule has 1 aromatic heterocycles. The van der Waals surface area contributed by atoms with Crippen LogP contribution in [0.25, 0.3) is 0 Å². The highest BCUT2D eigenvalue weighted by atomic mass is 35.5. The lowest BCUT2D eigenvalue weighted by Gasteiger charge is -2.12. The first-order valence-electron chi connectivity index (χ1n) is 5.94. The van der Waals surface area contributed by atoms with Crippen molar-refractivity contribution in [1.29, 1.82) is 0 Å². The molecule has 0 aromatic carbocycles. The van der Waals surface area contributed by atoms with Crippen LogP contribution in [0.1, 0.15) is 43.8 Å². The van der Waals surface area contributed by atoms with E-state index in [0.717, 1.165) is 30.0 Å². The second-order valence-electron chi connectivity index (χ2n) is 4.15. The molecule has 0 saturated heterocycles. The molecule has 0 aliphatic rings.